The summed E-state index contributed by atoms with van der Waals surface area (Å²) in [5.74, 6) is 0. The molecule has 0 radical (unpaired) electrons. The average Bonchev–Trinajstić information content (AvgIpc) is 3.05. The first-order chi connectivity index (χ1) is 10.8. The molecule has 0 fully saturated rings. The van der Waals surface area contributed by atoms with Gasteiger partial charge in [0.15, 0.2) is 4.96 Å². The van der Waals surface area contributed by atoms with Crippen molar-refractivity contribution in [3.63, 3.8) is 0 Å². The van der Waals surface area contributed by atoms with E-state index in [-0.39, 0.29) is 5.56 Å². The minimum Gasteiger partial charge on any atom is -0.267 e. The smallest absolute Gasteiger partial charge is 0.267 e. The predicted octanol–water partition coefficient (Wildman–Crippen LogP) is 2.33. The summed E-state index contributed by atoms with van der Waals surface area (Å²) in [5.41, 5.74) is 3.10. The number of hydrogen-bond acceptors (Lipinski definition) is 4. The highest BCUT2D eigenvalue weighted by Crippen LogP contribution is 2.15. The molecular weight excluding hydrogens is 294 g/mol. The van der Waals surface area contributed by atoms with Gasteiger partial charge in [0.2, 0.25) is 0 Å². The normalized spacial score (nSPS) is 12.0. The van der Waals surface area contributed by atoms with Crippen molar-refractivity contribution in [2.24, 2.45) is 0 Å². The summed E-state index contributed by atoms with van der Waals surface area (Å²) in [6.07, 6.45) is 1.83. The van der Waals surface area contributed by atoms with Gasteiger partial charge in [-0.05, 0) is 35.9 Å². The summed E-state index contributed by atoms with van der Waals surface area (Å²) in [5, 5.41) is 8.81. The summed E-state index contributed by atoms with van der Waals surface area (Å²) in [7, 11) is 0. The first-order valence-corrected chi connectivity index (χ1v) is 7.50. The van der Waals surface area contributed by atoms with Crippen molar-refractivity contribution in [2.45, 2.75) is 0 Å². The molecule has 5 heteroatoms. The fourth-order valence-electron chi connectivity index (χ4n) is 2.42. The standard InChI is InChI=1S/C17H9N3OS/c18-10-12-7-5-11(6-8-12)9-15-16(21)20-14-4-2-1-3-13(14)19-17(20)22-15/h1-9H. The molecule has 0 spiro atoms. The molecule has 0 unspecified atom stereocenters. The first kappa shape index (κ1) is 12.7. The summed E-state index contributed by atoms with van der Waals surface area (Å²) in [6, 6.07) is 16.8. The van der Waals surface area contributed by atoms with E-state index in [1.165, 1.54) is 11.3 Å². The van der Waals surface area contributed by atoms with Gasteiger partial charge in [0.1, 0.15) is 0 Å². The van der Waals surface area contributed by atoms with E-state index in [0.717, 1.165) is 16.6 Å². The lowest BCUT2D eigenvalue weighted by Gasteiger charge is -1.91. The Kier molecular flexibility index (Phi) is 2.78. The van der Waals surface area contributed by atoms with E-state index in [1.807, 2.05) is 42.5 Å². The minimum absolute atomic E-state index is 0.0574. The third-order valence-corrected chi connectivity index (χ3v) is 4.45. The molecule has 0 saturated carbocycles. The van der Waals surface area contributed by atoms with Crippen molar-refractivity contribution in [2.75, 3.05) is 0 Å². The number of thiazole rings is 1. The van der Waals surface area contributed by atoms with Crippen molar-refractivity contribution in [3.05, 3.63) is 74.5 Å². The molecule has 0 saturated heterocycles. The van der Waals surface area contributed by atoms with Crippen LogP contribution in [0.3, 0.4) is 0 Å². The molecule has 0 bridgehead atoms. The van der Waals surface area contributed by atoms with E-state index in [9.17, 15) is 4.79 Å². The van der Waals surface area contributed by atoms with E-state index in [1.54, 1.807) is 16.5 Å². The maximum atomic E-state index is 12.6. The molecule has 0 aliphatic carbocycles. The first-order valence-electron chi connectivity index (χ1n) is 6.68. The number of benzene rings is 2. The number of rotatable bonds is 1. The Hall–Kier alpha value is -2.97. The number of nitrogens with zero attached hydrogens (tertiary/aromatic N) is 3. The zero-order chi connectivity index (χ0) is 15.1. The second kappa shape index (κ2) is 4.79. The molecule has 22 heavy (non-hydrogen) atoms. The van der Waals surface area contributed by atoms with Crippen LogP contribution >= 0.6 is 11.3 Å². The molecule has 4 rings (SSSR count). The van der Waals surface area contributed by atoms with E-state index < -0.39 is 0 Å². The summed E-state index contributed by atoms with van der Waals surface area (Å²) < 4.78 is 2.29. The summed E-state index contributed by atoms with van der Waals surface area (Å²) in [6.45, 7) is 0. The lowest BCUT2D eigenvalue weighted by Crippen LogP contribution is -2.22. The lowest BCUT2D eigenvalue weighted by atomic mass is 10.1. The quantitative estimate of drug-likeness (QED) is 0.542. The fraction of sp³-hybridized carbons (Fsp3) is 0. The van der Waals surface area contributed by atoms with Crippen LogP contribution in [0, 0.1) is 11.3 Å². The van der Waals surface area contributed by atoms with Gasteiger partial charge in [0.25, 0.3) is 5.56 Å². The van der Waals surface area contributed by atoms with E-state index in [2.05, 4.69) is 11.1 Å². The van der Waals surface area contributed by atoms with Gasteiger partial charge < -0.3 is 0 Å². The third kappa shape index (κ3) is 1.90. The van der Waals surface area contributed by atoms with Crippen LogP contribution in [0.4, 0.5) is 0 Å². The number of fused-ring (bicyclic) bond motifs is 3. The number of aromatic nitrogens is 2. The summed E-state index contributed by atoms with van der Waals surface area (Å²) >= 11 is 1.37. The van der Waals surface area contributed by atoms with Gasteiger partial charge in [0.05, 0.1) is 27.2 Å². The van der Waals surface area contributed by atoms with Crippen LogP contribution in [-0.2, 0) is 0 Å². The molecule has 0 amide bonds. The van der Waals surface area contributed by atoms with Crippen molar-refractivity contribution >= 4 is 33.4 Å². The number of hydrogen-bond donors (Lipinski definition) is 0. The highest BCUT2D eigenvalue weighted by molar-refractivity contribution is 7.15. The van der Waals surface area contributed by atoms with Crippen molar-refractivity contribution in [1.29, 1.82) is 5.26 Å². The van der Waals surface area contributed by atoms with Gasteiger partial charge in [-0.2, -0.15) is 5.26 Å². The van der Waals surface area contributed by atoms with Crippen LogP contribution in [0.15, 0.2) is 53.3 Å². The third-order valence-electron chi connectivity index (χ3n) is 3.48. The van der Waals surface area contributed by atoms with E-state index >= 15 is 0 Å². The van der Waals surface area contributed by atoms with Gasteiger partial charge in [-0.25, -0.2) is 9.38 Å². The predicted molar refractivity (Wildman–Crippen MR) is 86.8 cm³/mol. The SMILES string of the molecule is N#Cc1ccc(C=c2sc3nc4ccccc4n3c2=O)cc1. The number of nitriles is 1. The van der Waals surface area contributed by atoms with Crippen LogP contribution in [0.2, 0.25) is 0 Å². The van der Waals surface area contributed by atoms with E-state index in [0.29, 0.717) is 15.1 Å². The Morgan fingerprint density at radius 3 is 2.68 bits per heavy atom. The number of imidazole rings is 1. The Morgan fingerprint density at radius 1 is 1.14 bits per heavy atom. The number of para-hydroxylation sites is 2. The largest absolute Gasteiger partial charge is 0.274 e. The van der Waals surface area contributed by atoms with Crippen LogP contribution in [0.5, 0.6) is 0 Å². The maximum Gasteiger partial charge on any atom is 0.274 e. The zero-order valence-corrected chi connectivity index (χ0v) is 12.2. The Morgan fingerprint density at radius 2 is 1.91 bits per heavy atom. The van der Waals surface area contributed by atoms with E-state index in [4.69, 9.17) is 5.26 Å². The minimum atomic E-state index is -0.0574. The molecule has 0 N–H and O–H groups in total. The topological polar surface area (TPSA) is 58.2 Å². The second-order valence-corrected chi connectivity index (χ2v) is 5.88. The zero-order valence-electron chi connectivity index (χ0n) is 11.4. The molecule has 2 aromatic carbocycles. The summed E-state index contributed by atoms with van der Waals surface area (Å²) in [4.78, 5) is 17.8. The molecule has 0 aliphatic heterocycles. The van der Waals surface area contributed by atoms with Crippen LogP contribution < -0.4 is 10.1 Å². The molecule has 0 aliphatic rings. The van der Waals surface area contributed by atoms with Gasteiger partial charge in [-0.15, -0.1) is 0 Å². The van der Waals surface area contributed by atoms with Crippen molar-refractivity contribution in [3.8, 4) is 6.07 Å². The van der Waals surface area contributed by atoms with Gasteiger partial charge in [-0.3, -0.25) is 4.79 Å². The molecule has 4 aromatic rings. The monoisotopic (exact) mass is 303 g/mol. The van der Waals surface area contributed by atoms with Crippen LogP contribution in [0.25, 0.3) is 22.1 Å². The van der Waals surface area contributed by atoms with Crippen molar-refractivity contribution in [1.82, 2.24) is 9.38 Å². The Labute approximate surface area is 129 Å². The fourth-order valence-corrected chi connectivity index (χ4v) is 3.40. The second-order valence-electron chi connectivity index (χ2n) is 4.87. The molecule has 2 aromatic heterocycles. The Balaban J connectivity index is 1.95. The molecule has 0 atom stereocenters. The molecular formula is C17H9N3OS. The highest BCUT2D eigenvalue weighted by atomic mass is 32.1. The maximum absolute atomic E-state index is 12.6. The van der Waals surface area contributed by atoms with Gasteiger partial charge >= 0.3 is 0 Å². The molecule has 2 heterocycles. The van der Waals surface area contributed by atoms with Gasteiger partial charge in [0, 0.05) is 0 Å². The molecule has 4 nitrogen and oxygen atoms in total. The average molecular weight is 303 g/mol. The van der Waals surface area contributed by atoms with Crippen LogP contribution in [-0.4, -0.2) is 9.38 Å². The molecule has 104 valence electrons. The van der Waals surface area contributed by atoms with Crippen molar-refractivity contribution < 1.29 is 0 Å². The highest BCUT2D eigenvalue weighted by Gasteiger charge is 2.10. The van der Waals surface area contributed by atoms with Crippen LogP contribution in [0.1, 0.15) is 11.1 Å². The van der Waals surface area contributed by atoms with Gasteiger partial charge in [-0.1, -0.05) is 35.6 Å². The Bertz CT molecular complexity index is 1150. The lowest BCUT2D eigenvalue weighted by molar-refractivity contribution is 1.19.